The maximum Gasteiger partial charge on any atom is 0.240 e. The van der Waals surface area contributed by atoms with E-state index in [4.69, 9.17) is 5.73 Å². The zero-order valence-corrected chi connectivity index (χ0v) is 12.7. The number of carbonyl (C=O) groups is 1. The Morgan fingerprint density at radius 2 is 1.80 bits per heavy atom. The number of amides is 1. The van der Waals surface area contributed by atoms with Crippen molar-refractivity contribution in [2.75, 3.05) is 11.9 Å². The molecule has 0 aromatic heterocycles. The summed E-state index contributed by atoms with van der Waals surface area (Å²) < 4.78 is 26.0. The van der Waals surface area contributed by atoms with Crippen molar-refractivity contribution in [3.63, 3.8) is 0 Å². The molecule has 20 heavy (non-hydrogen) atoms. The minimum Gasteiger partial charge on any atom is -0.373 e. The van der Waals surface area contributed by atoms with E-state index in [2.05, 4.69) is 10.0 Å². The molecule has 0 aliphatic heterocycles. The maximum absolute atomic E-state index is 11.8. The number of nitrogens with two attached hydrogens (primary N) is 1. The molecule has 1 unspecified atom stereocenters. The number of sulfonamides is 1. The molecule has 0 radical (unpaired) electrons. The van der Waals surface area contributed by atoms with E-state index in [1.165, 1.54) is 12.1 Å². The Balaban J connectivity index is 2.89. The summed E-state index contributed by atoms with van der Waals surface area (Å²) in [5.74, 6) is -0.401. The number of nitrogens with one attached hydrogen (secondary N) is 2. The van der Waals surface area contributed by atoms with Gasteiger partial charge in [-0.3, -0.25) is 4.79 Å². The van der Waals surface area contributed by atoms with Gasteiger partial charge in [0.05, 0.1) is 4.90 Å². The number of hydrogen-bond donors (Lipinski definition) is 3. The van der Waals surface area contributed by atoms with Gasteiger partial charge in [-0.15, -0.1) is 0 Å². The highest BCUT2D eigenvalue weighted by Crippen LogP contribution is 2.16. The highest BCUT2D eigenvalue weighted by molar-refractivity contribution is 7.89. The van der Waals surface area contributed by atoms with Crippen LogP contribution in [-0.4, -0.2) is 26.9 Å². The molecule has 0 heterocycles. The van der Waals surface area contributed by atoms with E-state index in [0.717, 1.165) is 0 Å². The summed E-state index contributed by atoms with van der Waals surface area (Å²) >= 11 is 0. The third-order valence-electron chi connectivity index (χ3n) is 2.79. The van der Waals surface area contributed by atoms with Gasteiger partial charge < -0.3 is 11.1 Å². The lowest BCUT2D eigenvalue weighted by Gasteiger charge is -2.20. The lowest BCUT2D eigenvalue weighted by molar-refractivity contribution is -0.119. The van der Waals surface area contributed by atoms with Gasteiger partial charge >= 0.3 is 0 Å². The predicted molar refractivity (Wildman–Crippen MR) is 78.7 cm³/mol. The Labute approximate surface area is 119 Å². The zero-order chi connectivity index (χ0) is 15.3. The van der Waals surface area contributed by atoms with Crippen LogP contribution in [0.2, 0.25) is 0 Å². The lowest BCUT2D eigenvalue weighted by Crippen LogP contribution is -2.39. The molecule has 0 fully saturated rings. The Kier molecular flexibility index (Phi) is 5.52. The lowest BCUT2D eigenvalue weighted by atomic mass is 10.0. The molecule has 1 amide bonds. The first-order chi connectivity index (χ1) is 9.27. The first-order valence-electron chi connectivity index (χ1n) is 6.43. The Hall–Kier alpha value is -1.60. The molecule has 7 heteroatoms. The zero-order valence-electron chi connectivity index (χ0n) is 11.9. The highest BCUT2D eigenvalue weighted by atomic mass is 32.2. The molecule has 1 aromatic rings. The van der Waals surface area contributed by atoms with E-state index in [9.17, 15) is 13.2 Å². The van der Waals surface area contributed by atoms with Crippen LogP contribution in [-0.2, 0) is 14.8 Å². The van der Waals surface area contributed by atoms with Crippen molar-refractivity contribution in [2.24, 2.45) is 11.7 Å². The van der Waals surface area contributed by atoms with Crippen LogP contribution in [0.15, 0.2) is 29.2 Å². The molecule has 4 N–H and O–H groups in total. The first kappa shape index (κ1) is 16.5. The van der Waals surface area contributed by atoms with Gasteiger partial charge in [-0.2, -0.15) is 0 Å². The van der Waals surface area contributed by atoms with Gasteiger partial charge in [0, 0.05) is 12.2 Å². The monoisotopic (exact) mass is 299 g/mol. The summed E-state index contributed by atoms with van der Waals surface area (Å²) in [6.45, 7) is 5.81. The predicted octanol–water partition coefficient (Wildman–Crippen LogP) is 0.907. The number of benzene rings is 1. The van der Waals surface area contributed by atoms with Crippen molar-refractivity contribution >= 4 is 21.6 Å². The van der Waals surface area contributed by atoms with Crippen molar-refractivity contribution in [3.8, 4) is 0 Å². The molecular weight excluding hydrogens is 278 g/mol. The van der Waals surface area contributed by atoms with Crippen molar-refractivity contribution in [1.82, 2.24) is 4.72 Å². The standard InChI is InChI=1S/C13H21N3O3S/c1-4-15-20(18,19)11-7-5-10(6-8-11)16-12(9(2)3)13(14)17/h5-9,12,15-16H,4H2,1-3H3,(H2,14,17). The second-order valence-electron chi connectivity index (χ2n) is 4.79. The molecule has 0 aliphatic rings. The summed E-state index contributed by atoms with van der Waals surface area (Å²) in [5, 5.41) is 3.00. The fourth-order valence-electron chi connectivity index (χ4n) is 1.75. The van der Waals surface area contributed by atoms with E-state index in [-0.39, 0.29) is 10.8 Å². The molecule has 1 aromatic carbocycles. The minimum absolute atomic E-state index is 0.0395. The van der Waals surface area contributed by atoms with Crippen LogP contribution in [0.4, 0.5) is 5.69 Å². The van der Waals surface area contributed by atoms with E-state index < -0.39 is 22.0 Å². The minimum atomic E-state index is -3.46. The third kappa shape index (κ3) is 4.21. The van der Waals surface area contributed by atoms with Crippen LogP contribution >= 0.6 is 0 Å². The van der Waals surface area contributed by atoms with Crippen molar-refractivity contribution in [3.05, 3.63) is 24.3 Å². The fraction of sp³-hybridized carbons (Fsp3) is 0.462. The smallest absolute Gasteiger partial charge is 0.240 e. The van der Waals surface area contributed by atoms with Crippen LogP contribution in [0.25, 0.3) is 0 Å². The van der Waals surface area contributed by atoms with E-state index in [1.54, 1.807) is 19.1 Å². The van der Waals surface area contributed by atoms with Crippen LogP contribution in [0.3, 0.4) is 0 Å². The second-order valence-corrected chi connectivity index (χ2v) is 6.56. The quantitative estimate of drug-likeness (QED) is 0.696. The van der Waals surface area contributed by atoms with Crippen LogP contribution in [0.1, 0.15) is 20.8 Å². The molecule has 1 rings (SSSR count). The topological polar surface area (TPSA) is 101 Å². The summed E-state index contributed by atoms with van der Waals surface area (Å²) in [5.41, 5.74) is 5.97. The Bertz CT molecular complexity index is 553. The largest absolute Gasteiger partial charge is 0.373 e. The summed E-state index contributed by atoms with van der Waals surface area (Å²) in [6, 6.07) is 5.70. The molecule has 0 aliphatic carbocycles. The van der Waals surface area contributed by atoms with Crippen molar-refractivity contribution < 1.29 is 13.2 Å². The molecule has 6 nitrogen and oxygen atoms in total. The average Bonchev–Trinajstić information content (AvgIpc) is 2.35. The summed E-state index contributed by atoms with van der Waals surface area (Å²) in [4.78, 5) is 11.5. The SMILES string of the molecule is CCNS(=O)(=O)c1ccc(NC(C(N)=O)C(C)C)cc1. The normalized spacial score (nSPS) is 13.2. The van der Waals surface area contributed by atoms with E-state index in [1.807, 2.05) is 13.8 Å². The number of carbonyl (C=O) groups excluding carboxylic acids is 1. The number of hydrogen-bond acceptors (Lipinski definition) is 4. The van der Waals surface area contributed by atoms with Gasteiger partial charge in [0.25, 0.3) is 0 Å². The molecular formula is C13H21N3O3S. The average molecular weight is 299 g/mol. The van der Waals surface area contributed by atoms with Gasteiger partial charge in [0.1, 0.15) is 6.04 Å². The molecule has 0 saturated heterocycles. The Morgan fingerprint density at radius 3 is 2.20 bits per heavy atom. The molecule has 1 atom stereocenters. The number of primary amides is 1. The van der Waals surface area contributed by atoms with Crippen LogP contribution in [0, 0.1) is 5.92 Å². The molecule has 0 spiro atoms. The molecule has 0 saturated carbocycles. The van der Waals surface area contributed by atoms with Gasteiger partial charge in [-0.1, -0.05) is 20.8 Å². The second kappa shape index (κ2) is 6.71. The van der Waals surface area contributed by atoms with Crippen LogP contribution in [0.5, 0.6) is 0 Å². The van der Waals surface area contributed by atoms with Gasteiger partial charge in [0.2, 0.25) is 15.9 Å². The summed E-state index contributed by atoms with van der Waals surface area (Å²) in [7, 11) is -3.46. The van der Waals surface area contributed by atoms with E-state index >= 15 is 0 Å². The van der Waals surface area contributed by atoms with E-state index in [0.29, 0.717) is 12.2 Å². The third-order valence-corrected chi connectivity index (χ3v) is 4.36. The first-order valence-corrected chi connectivity index (χ1v) is 7.91. The van der Waals surface area contributed by atoms with Crippen LogP contribution < -0.4 is 15.8 Å². The van der Waals surface area contributed by atoms with Gasteiger partial charge in [-0.05, 0) is 30.2 Å². The number of rotatable bonds is 7. The van der Waals surface area contributed by atoms with Crippen molar-refractivity contribution in [2.45, 2.75) is 31.7 Å². The fourth-order valence-corrected chi connectivity index (χ4v) is 2.79. The van der Waals surface area contributed by atoms with Gasteiger partial charge in [0.15, 0.2) is 0 Å². The molecule has 112 valence electrons. The maximum atomic E-state index is 11.8. The van der Waals surface area contributed by atoms with Crippen molar-refractivity contribution in [1.29, 1.82) is 0 Å². The highest BCUT2D eigenvalue weighted by Gasteiger charge is 2.19. The number of anilines is 1. The Morgan fingerprint density at radius 1 is 1.25 bits per heavy atom. The van der Waals surface area contributed by atoms with Gasteiger partial charge in [-0.25, -0.2) is 13.1 Å². The summed E-state index contributed by atoms with van der Waals surface area (Å²) in [6.07, 6.45) is 0. The molecule has 0 bridgehead atoms.